The number of nitrogens with zero attached hydrogens (tertiary/aromatic N) is 2. The summed E-state index contributed by atoms with van der Waals surface area (Å²) >= 11 is 6.66. The van der Waals surface area contributed by atoms with Crippen molar-refractivity contribution in [1.29, 1.82) is 0 Å². The normalized spacial score (nSPS) is 21.0. The van der Waals surface area contributed by atoms with Crippen molar-refractivity contribution in [3.63, 3.8) is 0 Å². The topological polar surface area (TPSA) is 35.9 Å². The zero-order chi connectivity index (χ0) is 21.7. The molecular weight excluding hydrogens is 408 g/mol. The van der Waals surface area contributed by atoms with Crippen LogP contribution < -0.4 is 4.74 Å². The van der Waals surface area contributed by atoms with Gasteiger partial charge in [-0.1, -0.05) is 67.3 Å². The minimum atomic E-state index is -0.655. The minimum absolute atomic E-state index is 0.0666. The van der Waals surface area contributed by atoms with Gasteiger partial charge in [0.25, 0.3) is 0 Å². The number of aliphatic hydroxyl groups is 1. The van der Waals surface area contributed by atoms with Gasteiger partial charge < -0.3 is 19.6 Å². The van der Waals surface area contributed by atoms with Gasteiger partial charge in [0, 0.05) is 38.6 Å². The highest BCUT2D eigenvalue weighted by Gasteiger charge is 2.40. The molecule has 4 nitrogen and oxygen atoms in total. The molecular formula is C26H35ClN2O2. The summed E-state index contributed by atoms with van der Waals surface area (Å²) in [5.41, 5.74) is 1.59. The molecule has 0 spiro atoms. The summed E-state index contributed by atoms with van der Waals surface area (Å²) in [5, 5.41) is 12.3. The summed E-state index contributed by atoms with van der Waals surface area (Å²) in [4.78, 5) is 4.88. The van der Waals surface area contributed by atoms with Crippen LogP contribution in [0.15, 0.2) is 48.5 Å². The predicted molar refractivity (Wildman–Crippen MR) is 127 cm³/mol. The van der Waals surface area contributed by atoms with E-state index in [1.807, 2.05) is 42.5 Å². The Morgan fingerprint density at radius 3 is 2.39 bits per heavy atom. The Kier molecular flexibility index (Phi) is 7.55. The van der Waals surface area contributed by atoms with E-state index in [4.69, 9.17) is 16.3 Å². The van der Waals surface area contributed by atoms with Crippen molar-refractivity contribution in [3.8, 4) is 5.75 Å². The van der Waals surface area contributed by atoms with Gasteiger partial charge in [-0.15, -0.1) is 0 Å². The van der Waals surface area contributed by atoms with Gasteiger partial charge in [0.15, 0.2) is 0 Å². The van der Waals surface area contributed by atoms with E-state index in [1.165, 1.54) is 6.42 Å². The Bertz CT molecular complexity index is 831. The van der Waals surface area contributed by atoms with Crippen LogP contribution in [0.3, 0.4) is 0 Å². The molecule has 1 aliphatic heterocycles. The molecule has 1 aliphatic carbocycles. The largest absolute Gasteiger partial charge is 0.487 e. The fraction of sp³-hybridized carbons (Fsp3) is 0.538. The van der Waals surface area contributed by atoms with E-state index in [0.717, 1.165) is 69.5 Å². The molecule has 1 saturated carbocycles. The lowest BCUT2D eigenvalue weighted by Gasteiger charge is -2.43. The van der Waals surface area contributed by atoms with Crippen molar-refractivity contribution in [2.75, 3.05) is 39.8 Å². The van der Waals surface area contributed by atoms with Crippen LogP contribution in [0.1, 0.15) is 49.1 Å². The average molecular weight is 443 g/mol. The number of halogens is 1. The average Bonchev–Trinajstić information content (AvgIpc) is 2.79. The monoisotopic (exact) mass is 442 g/mol. The first-order chi connectivity index (χ1) is 15.0. The SMILES string of the molecule is CN1CCN(C[C@@H](c2ccc(OCc3ccccc3)c(Cl)c2)C2(O)CCCCC2)CC1. The molecule has 2 fully saturated rings. The van der Waals surface area contributed by atoms with Gasteiger partial charge in [-0.3, -0.25) is 0 Å². The molecule has 168 valence electrons. The summed E-state index contributed by atoms with van der Waals surface area (Å²) in [6.45, 7) is 5.64. The third kappa shape index (κ3) is 5.81. The molecule has 0 unspecified atom stereocenters. The van der Waals surface area contributed by atoms with E-state index in [9.17, 15) is 5.11 Å². The van der Waals surface area contributed by atoms with Crippen molar-refractivity contribution in [2.45, 2.75) is 50.2 Å². The summed E-state index contributed by atoms with van der Waals surface area (Å²) in [5.74, 6) is 0.764. The van der Waals surface area contributed by atoms with Crippen molar-refractivity contribution in [1.82, 2.24) is 9.80 Å². The summed E-state index contributed by atoms with van der Waals surface area (Å²) in [7, 11) is 2.18. The maximum absolute atomic E-state index is 11.7. The molecule has 31 heavy (non-hydrogen) atoms. The van der Waals surface area contributed by atoms with E-state index in [2.05, 4.69) is 22.9 Å². The van der Waals surface area contributed by atoms with Crippen LogP contribution in [0.25, 0.3) is 0 Å². The third-order valence-electron chi connectivity index (χ3n) is 7.00. The Labute approximate surface area is 191 Å². The molecule has 0 radical (unpaired) electrons. The highest BCUT2D eigenvalue weighted by molar-refractivity contribution is 6.32. The lowest BCUT2D eigenvalue weighted by atomic mass is 9.72. The van der Waals surface area contributed by atoms with E-state index >= 15 is 0 Å². The number of benzene rings is 2. The van der Waals surface area contributed by atoms with Crippen molar-refractivity contribution in [3.05, 3.63) is 64.7 Å². The van der Waals surface area contributed by atoms with Crippen LogP contribution >= 0.6 is 11.6 Å². The van der Waals surface area contributed by atoms with Crippen molar-refractivity contribution in [2.24, 2.45) is 0 Å². The Morgan fingerprint density at radius 2 is 1.71 bits per heavy atom. The zero-order valence-corrected chi connectivity index (χ0v) is 19.4. The molecule has 1 saturated heterocycles. The van der Waals surface area contributed by atoms with Gasteiger partial charge in [-0.2, -0.15) is 0 Å². The molecule has 1 atom stereocenters. The molecule has 5 heteroatoms. The number of rotatable bonds is 7. The van der Waals surface area contributed by atoms with Crippen molar-refractivity contribution < 1.29 is 9.84 Å². The Morgan fingerprint density at radius 1 is 1.00 bits per heavy atom. The fourth-order valence-corrected chi connectivity index (χ4v) is 5.22. The van der Waals surface area contributed by atoms with Crippen molar-refractivity contribution >= 4 is 11.6 Å². The summed E-state index contributed by atoms with van der Waals surface area (Å²) in [6.07, 6.45) is 5.16. The van der Waals surface area contributed by atoms with Crippen LogP contribution in [-0.2, 0) is 6.61 Å². The van der Waals surface area contributed by atoms with Crippen LogP contribution in [0.4, 0.5) is 0 Å². The molecule has 0 amide bonds. The smallest absolute Gasteiger partial charge is 0.138 e. The highest BCUT2D eigenvalue weighted by Crippen LogP contribution is 2.42. The maximum Gasteiger partial charge on any atom is 0.138 e. The van der Waals surface area contributed by atoms with E-state index in [-0.39, 0.29) is 5.92 Å². The number of ether oxygens (including phenoxy) is 1. The fourth-order valence-electron chi connectivity index (χ4n) is 4.97. The first-order valence-corrected chi connectivity index (χ1v) is 12.0. The predicted octanol–water partition coefficient (Wildman–Crippen LogP) is 4.95. The first-order valence-electron chi connectivity index (χ1n) is 11.6. The number of hydrogen-bond donors (Lipinski definition) is 1. The second kappa shape index (κ2) is 10.4. The second-order valence-electron chi connectivity index (χ2n) is 9.28. The Balaban J connectivity index is 1.51. The molecule has 0 aromatic heterocycles. The van der Waals surface area contributed by atoms with E-state index in [1.54, 1.807) is 0 Å². The molecule has 2 aliphatic rings. The quantitative estimate of drug-likeness (QED) is 0.658. The van der Waals surface area contributed by atoms with Crippen LogP contribution in [0.5, 0.6) is 5.75 Å². The summed E-state index contributed by atoms with van der Waals surface area (Å²) < 4.78 is 5.98. The van der Waals surface area contributed by atoms with Crippen LogP contribution in [-0.4, -0.2) is 60.3 Å². The number of likely N-dealkylation sites (N-methyl/N-ethyl adjacent to an activating group) is 1. The number of hydrogen-bond acceptors (Lipinski definition) is 4. The minimum Gasteiger partial charge on any atom is -0.487 e. The van der Waals surface area contributed by atoms with Gasteiger partial charge in [-0.25, -0.2) is 0 Å². The van der Waals surface area contributed by atoms with Gasteiger partial charge in [0.2, 0.25) is 0 Å². The lowest BCUT2D eigenvalue weighted by molar-refractivity contribution is -0.0337. The van der Waals surface area contributed by atoms with E-state index < -0.39 is 5.60 Å². The van der Waals surface area contributed by atoms with E-state index in [0.29, 0.717) is 17.4 Å². The van der Waals surface area contributed by atoms with Gasteiger partial charge in [-0.05, 0) is 43.1 Å². The lowest BCUT2D eigenvalue weighted by Crippen LogP contribution is -2.50. The second-order valence-corrected chi connectivity index (χ2v) is 9.69. The molecule has 1 heterocycles. The third-order valence-corrected chi connectivity index (χ3v) is 7.30. The standard InChI is InChI=1S/C26H35ClN2O2/c1-28-14-16-29(17-15-28)19-23(26(30)12-6-3-7-13-26)22-10-11-25(24(27)18-22)31-20-21-8-4-2-5-9-21/h2,4-5,8-11,18,23,30H,3,6-7,12-17,19-20H2,1H3/t23-/m0/s1. The molecule has 2 aromatic rings. The Hall–Kier alpha value is -1.59. The zero-order valence-electron chi connectivity index (χ0n) is 18.6. The number of piperazine rings is 1. The van der Waals surface area contributed by atoms with Gasteiger partial charge >= 0.3 is 0 Å². The van der Waals surface area contributed by atoms with Gasteiger partial charge in [0.1, 0.15) is 12.4 Å². The molecule has 4 rings (SSSR count). The van der Waals surface area contributed by atoms with Gasteiger partial charge in [0.05, 0.1) is 10.6 Å². The first kappa shape index (κ1) is 22.6. The molecule has 1 N–H and O–H groups in total. The summed E-state index contributed by atoms with van der Waals surface area (Å²) in [6, 6.07) is 16.2. The highest BCUT2D eigenvalue weighted by atomic mass is 35.5. The van der Waals surface area contributed by atoms with Crippen LogP contribution in [0, 0.1) is 0 Å². The van der Waals surface area contributed by atoms with Crippen LogP contribution in [0.2, 0.25) is 5.02 Å². The maximum atomic E-state index is 11.7. The molecule has 2 aromatic carbocycles. The molecule has 0 bridgehead atoms.